The van der Waals surface area contributed by atoms with Crippen molar-refractivity contribution in [2.75, 3.05) is 12.3 Å². The van der Waals surface area contributed by atoms with Gasteiger partial charge in [0.25, 0.3) is 0 Å². The van der Waals surface area contributed by atoms with Crippen LogP contribution in [0.25, 0.3) is 0 Å². The second-order valence-electron chi connectivity index (χ2n) is 4.76. The average Bonchev–Trinajstić information content (AvgIpc) is 2.49. The van der Waals surface area contributed by atoms with Crippen molar-refractivity contribution in [1.29, 1.82) is 0 Å². The fourth-order valence-electron chi connectivity index (χ4n) is 1.22. The van der Waals surface area contributed by atoms with Gasteiger partial charge < -0.3 is 9.73 Å². The summed E-state index contributed by atoms with van der Waals surface area (Å²) in [7, 11) is 0. The summed E-state index contributed by atoms with van der Waals surface area (Å²) in [6.07, 6.45) is 1.76. The Labute approximate surface area is 96.8 Å². The van der Waals surface area contributed by atoms with Gasteiger partial charge >= 0.3 is 0 Å². The predicted octanol–water partition coefficient (Wildman–Crippen LogP) is 3.21. The molecule has 0 aliphatic rings. The van der Waals surface area contributed by atoms with Crippen LogP contribution in [0.4, 0.5) is 0 Å². The number of nitrogens with one attached hydrogen (secondary N) is 1. The van der Waals surface area contributed by atoms with Crippen LogP contribution in [-0.4, -0.2) is 17.8 Å². The Bertz CT molecular complexity index is 288. The third-order valence-electron chi connectivity index (χ3n) is 2.10. The lowest BCUT2D eigenvalue weighted by atomic mass is 10.1. The van der Waals surface area contributed by atoms with Crippen LogP contribution in [-0.2, 0) is 5.75 Å². The van der Waals surface area contributed by atoms with Gasteiger partial charge in [0.15, 0.2) is 0 Å². The van der Waals surface area contributed by atoms with E-state index in [-0.39, 0.29) is 5.54 Å². The van der Waals surface area contributed by atoms with Gasteiger partial charge in [-0.25, -0.2) is 0 Å². The molecule has 0 aliphatic carbocycles. The molecule has 1 aromatic rings. The monoisotopic (exact) mass is 227 g/mol. The molecule has 2 nitrogen and oxygen atoms in total. The molecule has 0 amide bonds. The first kappa shape index (κ1) is 12.7. The highest BCUT2D eigenvalue weighted by atomic mass is 32.2. The first-order valence-electron chi connectivity index (χ1n) is 5.35. The molecule has 1 heterocycles. The molecule has 3 heteroatoms. The lowest BCUT2D eigenvalue weighted by Gasteiger charge is -2.20. The topological polar surface area (TPSA) is 25.2 Å². The van der Waals surface area contributed by atoms with E-state index in [0.29, 0.717) is 0 Å². The molecule has 0 saturated carbocycles. The van der Waals surface area contributed by atoms with Crippen LogP contribution in [0.2, 0.25) is 0 Å². The van der Waals surface area contributed by atoms with Crippen LogP contribution >= 0.6 is 11.8 Å². The molecule has 0 radical (unpaired) electrons. The van der Waals surface area contributed by atoms with Crippen LogP contribution in [0.5, 0.6) is 0 Å². The Balaban J connectivity index is 2.10. The van der Waals surface area contributed by atoms with E-state index in [1.165, 1.54) is 5.56 Å². The molecule has 0 atom stereocenters. The summed E-state index contributed by atoms with van der Waals surface area (Å²) < 4.78 is 5.37. The molecular weight excluding hydrogens is 206 g/mol. The number of thioether (sulfide) groups is 1. The van der Waals surface area contributed by atoms with Crippen LogP contribution in [0.1, 0.15) is 32.1 Å². The SMILES string of the molecule is Cc1ccoc1CSCCNC(C)(C)C. The molecule has 0 bridgehead atoms. The van der Waals surface area contributed by atoms with Gasteiger partial charge in [-0.05, 0) is 39.3 Å². The third kappa shape index (κ3) is 5.28. The van der Waals surface area contributed by atoms with Crippen LogP contribution in [0.3, 0.4) is 0 Å². The van der Waals surface area contributed by atoms with Crippen LogP contribution < -0.4 is 5.32 Å². The molecule has 0 saturated heterocycles. The minimum atomic E-state index is 0.223. The van der Waals surface area contributed by atoms with Crippen molar-refractivity contribution in [2.45, 2.75) is 39.0 Å². The van der Waals surface area contributed by atoms with E-state index in [2.05, 4.69) is 33.0 Å². The van der Waals surface area contributed by atoms with Gasteiger partial charge in [0.1, 0.15) is 5.76 Å². The molecule has 0 fully saturated rings. The van der Waals surface area contributed by atoms with Crippen molar-refractivity contribution in [1.82, 2.24) is 5.32 Å². The maximum Gasteiger partial charge on any atom is 0.116 e. The molecule has 15 heavy (non-hydrogen) atoms. The largest absolute Gasteiger partial charge is 0.468 e. The number of aryl methyl sites for hydroxylation is 1. The zero-order valence-corrected chi connectivity index (χ0v) is 10.9. The van der Waals surface area contributed by atoms with E-state index in [9.17, 15) is 0 Å². The summed E-state index contributed by atoms with van der Waals surface area (Å²) in [5, 5.41) is 3.47. The van der Waals surface area contributed by atoms with E-state index < -0.39 is 0 Å². The first-order valence-corrected chi connectivity index (χ1v) is 6.50. The molecule has 0 aromatic carbocycles. The fraction of sp³-hybridized carbons (Fsp3) is 0.667. The van der Waals surface area contributed by atoms with Gasteiger partial charge in [0.05, 0.1) is 12.0 Å². The Morgan fingerprint density at radius 2 is 2.13 bits per heavy atom. The second-order valence-corrected chi connectivity index (χ2v) is 5.86. The second kappa shape index (κ2) is 5.61. The van der Waals surface area contributed by atoms with E-state index >= 15 is 0 Å². The lowest BCUT2D eigenvalue weighted by molar-refractivity contribution is 0.441. The molecule has 86 valence electrons. The smallest absolute Gasteiger partial charge is 0.116 e. The van der Waals surface area contributed by atoms with Crippen molar-refractivity contribution >= 4 is 11.8 Å². The van der Waals surface area contributed by atoms with Gasteiger partial charge in [0.2, 0.25) is 0 Å². The molecule has 1 rings (SSSR count). The molecular formula is C12H21NOS. The Morgan fingerprint density at radius 1 is 1.40 bits per heavy atom. The fourth-order valence-corrected chi connectivity index (χ4v) is 2.09. The highest BCUT2D eigenvalue weighted by molar-refractivity contribution is 7.98. The van der Waals surface area contributed by atoms with Crippen molar-refractivity contribution in [3.05, 3.63) is 23.7 Å². The zero-order valence-electron chi connectivity index (χ0n) is 10.1. The highest BCUT2D eigenvalue weighted by Crippen LogP contribution is 2.16. The van der Waals surface area contributed by atoms with E-state index in [1.807, 2.05) is 17.8 Å². The summed E-state index contributed by atoms with van der Waals surface area (Å²) >= 11 is 1.91. The maximum absolute atomic E-state index is 5.37. The summed E-state index contributed by atoms with van der Waals surface area (Å²) in [6, 6.07) is 2.02. The molecule has 0 unspecified atom stereocenters. The van der Waals surface area contributed by atoms with Gasteiger partial charge in [-0.1, -0.05) is 0 Å². The predicted molar refractivity (Wildman–Crippen MR) is 67.4 cm³/mol. The molecule has 0 spiro atoms. The molecule has 0 aliphatic heterocycles. The summed E-state index contributed by atoms with van der Waals surface area (Å²) in [5.74, 6) is 3.21. The Morgan fingerprint density at radius 3 is 2.67 bits per heavy atom. The standard InChI is InChI=1S/C12H21NOS/c1-10-5-7-14-11(10)9-15-8-6-13-12(2,3)4/h5,7,13H,6,8-9H2,1-4H3. The van der Waals surface area contributed by atoms with E-state index in [1.54, 1.807) is 6.26 Å². The normalized spacial score (nSPS) is 12.0. The van der Waals surface area contributed by atoms with Crippen molar-refractivity contribution in [3.8, 4) is 0 Å². The highest BCUT2D eigenvalue weighted by Gasteiger charge is 2.07. The summed E-state index contributed by atoms with van der Waals surface area (Å²) in [4.78, 5) is 0. The number of rotatable bonds is 5. The Hall–Kier alpha value is -0.410. The number of hydrogen-bond acceptors (Lipinski definition) is 3. The van der Waals surface area contributed by atoms with Gasteiger partial charge in [0, 0.05) is 17.8 Å². The average molecular weight is 227 g/mol. The van der Waals surface area contributed by atoms with Crippen molar-refractivity contribution in [2.24, 2.45) is 0 Å². The minimum absolute atomic E-state index is 0.223. The van der Waals surface area contributed by atoms with Gasteiger partial charge in [-0.2, -0.15) is 11.8 Å². The molecule has 1 aromatic heterocycles. The summed E-state index contributed by atoms with van der Waals surface area (Å²) in [5.41, 5.74) is 1.48. The first-order chi connectivity index (χ1) is 6.99. The van der Waals surface area contributed by atoms with Gasteiger partial charge in [-0.15, -0.1) is 0 Å². The van der Waals surface area contributed by atoms with Crippen LogP contribution in [0.15, 0.2) is 16.7 Å². The zero-order chi connectivity index (χ0) is 11.3. The molecule has 1 N–H and O–H groups in total. The van der Waals surface area contributed by atoms with Crippen LogP contribution in [0, 0.1) is 6.92 Å². The quantitative estimate of drug-likeness (QED) is 0.782. The third-order valence-corrected chi connectivity index (χ3v) is 3.06. The minimum Gasteiger partial charge on any atom is -0.468 e. The maximum atomic E-state index is 5.37. The number of furan rings is 1. The van der Waals surface area contributed by atoms with Gasteiger partial charge in [-0.3, -0.25) is 0 Å². The lowest BCUT2D eigenvalue weighted by Crippen LogP contribution is -2.37. The number of hydrogen-bond donors (Lipinski definition) is 1. The van der Waals surface area contributed by atoms with Crippen molar-refractivity contribution in [3.63, 3.8) is 0 Å². The summed E-state index contributed by atoms with van der Waals surface area (Å²) in [6.45, 7) is 9.71. The van der Waals surface area contributed by atoms with E-state index in [0.717, 1.165) is 23.8 Å². The Kier molecular flexibility index (Phi) is 4.74. The van der Waals surface area contributed by atoms with Crippen molar-refractivity contribution < 1.29 is 4.42 Å². The van der Waals surface area contributed by atoms with E-state index in [4.69, 9.17) is 4.42 Å².